The third-order valence-corrected chi connectivity index (χ3v) is 3.14. The minimum atomic E-state index is -0.175. The molecule has 0 heterocycles. The predicted molar refractivity (Wildman–Crippen MR) is 81.6 cm³/mol. The van der Waals surface area contributed by atoms with Crippen molar-refractivity contribution in [3.05, 3.63) is 34.9 Å². The number of aliphatic hydroxyl groups is 1. The van der Waals surface area contributed by atoms with Crippen LogP contribution in [0.3, 0.4) is 0 Å². The number of nitrogens with zero attached hydrogens (tertiary/aromatic N) is 1. The lowest BCUT2D eigenvalue weighted by Crippen LogP contribution is -2.37. The summed E-state index contributed by atoms with van der Waals surface area (Å²) in [6.07, 6.45) is 0.937. The highest BCUT2D eigenvalue weighted by molar-refractivity contribution is 5.95. The number of hydrogen-bond donors (Lipinski definition) is 1. The maximum absolute atomic E-state index is 12.5. The normalized spacial score (nSPS) is 10.1. The highest BCUT2D eigenvalue weighted by Crippen LogP contribution is 2.14. The highest BCUT2D eigenvalue weighted by Gasteiger charge is 2.18. The van der Waals surface area contributed by atoms with E-state index in [0.29, 0.717) is 5.56 Å². The first-order valence-electron chi connectivity index (χ1n) is 7.02. The number of rotatable bonds is 4. The predicted octanol–water partition coefficient (Wildman–Crippen LogP) is 2.60. The second kappa shape index (κ2) is 7.72. The zero-order valence-electron chi connectivity index (χ0n) is 12.7. The molecule has 1 aromatic rings. The maximum atomic E-state index is 12.5. The lowest BCUT2D eigenvalue weighted by molar-refractivity contribution is 0.0706. The van der Waals surface area contributed by atoms with E-state index >= 15 is 0 Å². The van der Waals surface area contributed by atoms with Crippen LogP contribution >= 0.6 is 0 Å². The van der Waals surface area contributed by atoms with E-state index < -0.39 is 0 Å². The molecule has 0 radical (unpaired) electrons. The van der Waals surface area contributed by atoms with E-state index in [4.69, 9.17) is 5.11 Å². The van der Waals surface area contributed by atoms with Crippen LogP contribution in [0.2, 0.25) is 0 Å². The third-order valence-electron chi connectivity index (χ3n) is 3.14. The van der Waals surface area contributed by atoms with Gasteiger partial charge in [-0.05, 0) is 44.9 Å². The van der Waals surface area contributed by atoms with Crippen LogP contribution in [0.15, 0.2) is 18.2 Å². The summed E-state index contributed by atoms with van der Waals surface area (Å²) in [5.74, 6) is 5.55. The van der Waals surface area contributed by atoms with Gasteiger partial charge in [-0.15, -0.1) is 0 Å². The molecule has 1 aromatic carbocycles. The van der Waals surface area contributed by atoms with Gasteiger partial charge in [0.25, 0.3) is 5.91 Å². The van der Waals surface area contributed by atoms with Crippen LogP contribution in [0.5, 0.6) is 0 Å². The first-order chi connectivity index (χ1) is 9.51. The Bertz CT molecular complexity index is 524. The summed E-state index contributed by atoms with van der Waals surface area (Å²) in [6.45, 7) is 8.63. The fourth-order valence-corrected chi connectivity index (χ4v) is 2.03. The first-order valence-corrected chi connectivity index (χ1v) is 7.02. The molecule has 1 amide bonds. The van der Waals surface area contributed by atoms with Crippen molar-refractivity contribution in [2.45, 2.75) is 40.2 Å². The zero-order chi connectivity index (χ0) is 15.1. The summed E-state index contributed by atoms with van der Waals surface area (Å²) >= 11 is 0. The molecule has 1 N–H and O–H groups in total. The highest BCUT2D eigenvalue weighted by atomic mass is 16.2. The average molecular weight is 273 g/mol. The standard InChI is InChI=1S/C17H23NO2/c1-5-10-18(13(2)3)17(20)16-9-8-14(4)15(12-16)7-6-11-19/h8-9,12-13,19H,5,10-11H2,1-4H3. The Morgan fingerprint density at radius 2 is 2.10 bits per heavy atom. The number of aryl methyl sites for hydroxylation is 1. The molecule has 3 heteroatoms. The van der Waals surface area contributed by atoms with Gasteiger partial charge >= 0.3 is 0 Å². The summed E-state index contributed by atoms with van der Waals surface area (Å²) in [4.78, 5) is 14.4. The van der Waals surface area contributed by atoms with Gasteiger partial charge in [-0.2, -0.15) is 0 Å². The van der Waals surface area contributed by atoms with Crippen molar-refractivity contribution in [3.63, 3.8) is 0 Å². The summed E-state index contributed by atoms with van der Waals surface area (Å²) in [7, 11) is 0. The topological polar surface area (TPSA) is 40.5 Å². The van der Waals surface area contributed by atoms with Crippen molar-refractivity contribution in [2.75, 3.05) is 13.2 Å². The molecule has 1 rings (SSSR count). The molecule has 20 heavy (non-hydrogen) atoms. The van der Waals surface area contributed by atoms with Gasteiger partial charge in [-0.1, -0.05) is 24.8 Å². The molecule has 0 aromatic heterocycles. The van der Waals surface area contributed by atoms with Crippen LogP contribution < -0.4 is 0 Å². The van der Waals surface area contributed by atoms with E-state index in [0.717, 1.165) is 24.1 Å². The number of aliphatic hydroxyl groups excluding tert-OH is 1. The quantitative estimate of drug-likeness (QED) is 0.857. The maximum Gasteiger partial charge on any atom is 0.254 e. The lowest BCUT2D eigenvalue weighted by Gasteiger charge is -2.26. The van der Waals surface area contributed by atoms with E-state index in [1.807, 2.05) is 43.9 Å². The Balaban J connectivity index is 3.09. The Kier molecular flexibility index (Phi) is 6.27. The van der Waals surface area contributed by atoms with Crippen LogP contribution in [-0.4, -0.2) is 35.1 Å². The third kappa shape index (κ3) is 4.11. The molecule has 0 unspecified atom stereocenters. The zero-order valence-corrected chi connectivity index (χ0v) is 12.7. The molecule has 0 fully saturated rings. The molecule has 0 aliphatic carbocycles. The molecule has 0 saturated heterocycles. The van der Waals surface area contributed by atoms with Gasteiger partial charge in [0.1, 0.15) is 6.61 Å². The first kappa shape index (κ1) is 16.3. The number of hydrogen-bond acceptors (Lipinski definition) is 2. The molecule has 0 aliphatic rings. The minimum absolute atomic E-state index is 0.0360. The molecule has 108 valence electrons. The summed E-state index contributed by atoms with van der Waals surface area (Å²) in [6, 6.07) is 5.73. The molecule has 0 spiro atoms. The lowest BCUT2D eigenvalue weighted by atomic mass is 10.0. The van der Waals surface area contributed by atoms with Crippen molar-refractivity contribution in [3.8, 4) is 11.8 Å². The molecular weight excluding hydrogens is 250 g/mol. The van der Waals surface area contributed by atoms with E-state index in [1.165, 1.54) is 0 Å². The Labute approximate surface area is 121 Å². The molecule has 0 saturated carbocycles. The van der Waals surface area contributed by atoms with Gasteiger partial charge < -0.3 is 10.0 Å². The van der Waals surface area contributed by atoms with E-state index in [9.17, 15) is 4.79 Å². The second-order valence-electron chi connectivity index (χ2n) is 5.08. The van der Waals surface area contributed by atoms with Crippen molar-refractivity contribution >= 4 is 5.91 Å². The van der Waals surface area contributed by atoms with Gasteiger partial charge in [-0.3, -0.25) is 4.79 Å². The van der Waals surface area contributed by atoms with Crippen molar-refractivity contribution < 1.29 is 9.90 Å². The number of carbonyl (C=O) groups excluding carboxylic acids is 1. The monoisotopic (exact) mass is 273 g/mol. The van der Waals surface area contributed by atoms with Crippen LogP contribution in [0.25, 0.3) is 0 Å². The second-order valence-corrected chi connectivity index (χ2v) is 5.08. The summed E-state index contributed by atoms with van der Waals surface area (Å²) < 4.78 is 0. The number of benzene rings is 1. The largest absolute Gasteiger partial charge is 0.384 e. The number of carbonyl (C=O) groups is 1. The van der Waals surface area contributed by atoms with Crippen LogP contribution in [0, 0.1) is 18.8 Å². The fourth-order valence-electron chi connectivity index (χ4n) is 2.03. The van der Waals surface area contributed by atoms with Crippen molar-refractivity contribution in [2.24, 2.45) is 0 Å². The van der Waals surface area contributed by atoms with Crippen LogP contribution in [-0.2, 0) is 0 Å². The molecule has 3 nitrogen and oxygen atoms in total. The van der Waals surface area contributed by atoms with E-state index in [-0.39, 0.29) is 18.6 Å². The fraction of sp³-hybridized carbons (Fsp3) is 0.471. The molecule has 0 aliphatic heterocycles. The Morgan fingerprint density at radius 1 is 1.40 bits per heavy atom. The molecular formula is C17H23NO2. The van der Waals surface area contributed by atoms with Gasteiger partial charge in [0.2, 0.25) is 0 Å². The van der Waals surface area contributed by atoms with Crippen LogP contribution in [0.4, 0.5) is 0 Å². The van der Waals surface area contributed by atoms with Crippen molar-refractivity contribution in [1.82, 2.24) is 4.90 Å². The van der Waals surface area contributed by atoms with E-state index in [2.05, 4.69) is 18.8 Å². The number of amides is 1. The van der Waals surface area contributed by atoms with Gasteiger partial charge in [-0.25, -0.2) is 0 Å². The Hall–Kier alpha value is -1.79. The van der Waals surface area contributed by atoms with Gasteiger partial charge in [0.05, 0.1) is 0 Å². The average Bonchev–Trinajstić information content (AvgIpc) is 2.42. The molecule has 0 bridgehead atoms. The minimum Gasteiger partial charge on any atom is -0.384 e. The molecule has 0 atom stereocenters. The van der Waals surface area contributed by atoms with Gasteiger partial charge in [0, 0.05) is 23.7 Å². The van der Waals surface area contributed by atoms with Crippen LogP contribution in [0.1, 0.15) is 48.7 Å². The SMILES string of the molecule is CCCN(C(=O)c1ccc(C)c(C#CCO)c1)C(C)C. The summed E-state index contributed by atoms with van der Waals surface area (Å²) in [5.41, 5.74) is 2.46. The van der Waals surface area contributed by atoms with Crippen molar-refractivity contribution in [1.29, 1.82) is 0 Å². The van der Waals surface area contributed by atoms with E-state index in [1.54, 1.807) is 0 Å². The van der Waals surface area contributed by atoms with Gasteiger partial charge in [0.15, 0.2) is 0 Å². The summed E-state index contributed by atoms with van der Waals surface area (Å²) in [5, 5.41) is 8.78. The Morgan fingerprint density at radius 3 is 2.65 bits per heavy atom. The smallest absolute Gasteiger partial charge is 0.254 e.